The van der Waals surface area contributed by atoms with Crippen LogP contribution in [0.1, 0.15) is 31.2 Å². The summed E-state index contributed by atoms with van der Waals surface area (Å²) in [4.78, 5) is 17.9. The van der Waals surface area contributed by atoms with E-state index in [9.17, 15) is 9.18 Å². The molecule has 2 N–H and O–H groups in total. The molecule has 0 bridgehead atoms. The number of alkyl halides is 1. The minimum atomic E-state index is -0.311. The second-order valence-electron chi connectivity index (χ2n) is 7.66. The van der Waals surface area contributed by atoms with Crippen molar-refractivity contribution in [3.63, 3.8) is 0 Å². The molecule has 1 aliphatic rings. The Morgan fingerprint density at radius 1 is 1.03 bits per heavy atom. The number of aliphatic imine (C=N–C) groups is 1. The number of aryl methyl sites for hydroxylation is 1. The molecule has 164 valence electrons. The molecule has 0 radical (unpaired) electrons. The van der Waals surface area contributed by atoms with Gasteiger partial charge in [0.15, 0.2) is 5.84 Å². The van der Waals surface area contributed by atoms with Crippen LogP contribution >= 0.6 is 22.6 Å². The topological polar surface area (TPSA) is 73.4 Å². The standard InChI is InChI=1S/C25H19FIN5O/c1-15-6-5-9-18(14-15)24-28-21-20(16-10-12-19(26)13-11-16)29-30-22(21)23(27)32(24)31-25(33)17-7-3-2-4-8-17/h2-14,23H,1H3,(H,29,30)(H,31,33). The quantitative estimate of drug-likeness (QED) is 0.194. The Balaban J connectivity index is 1.61. The molecule has 2 heterocycles. The van der Waals surface area contributed by atoms with E-state index >= 15 is 0 Å². The molecule has 0 aliphatic carbocycles. The van der Waals surface area contributed by atoms with Crippen molar-refractivity contribution in [2.45, 2.75) is 11.0 Å². The number of hydrazine groups is 1. The summed E-state index contributed by atoms with van der Waals surface area (Å²) in [6, 6.07) is 23.1. The molecule has 4 aromatic rings. The van der Waals surface area contributed by atoms with Crippen molar-refractivity contribution in [3.8, 4) is 11.3 Å². The van der Waals surface area contributed by atoms with Gasteiger partial charge in [0.2, 0.25) is 0 Å². The van der Waals surface area contributed by atoms with Crippen molar-refractivity contribution in [1.82, 2.24) is 20.6 Å². The van der Waals surface area contributed by atoms with Gasteiger partial charge in [-0.25, -0.2) is 14.4 Å². The molecule has 6 nitrogen and oxygen atoms in total. The van der Waals surface area contributed by atoms with E-state index in [2.05, 4.69) is 38.2 Å². The van der Waals surface area contributed by atoms with Gasteiger partial charge >= 0.3 is 0 Å². The Morgan fingerprint density at radius 2 is 1.79 bits per heavy atom. The van der Waals surface area contributed by atoms with E-state index in [1.165, 1.54) is 12.1 Å². The maximum atomic E-state index is 13.5. The fourth-order valence-corrected chi connectivity index (χ4v) is 4.53. The number of carbonyl (C=O) groups excluding carboxylic acids is 1. The summed E-state index contributed by atoms with van der Waals surface area (Å²) in [5.41, 5.74) is 8.30. The van der Waals surface area contributed by atoms with E-state index in [0.717, 1.165) is 22.4 Å². The zero-order valence-corrected chi connectivity index (χ0v) is 19.7. The molecular formula is C25H19FIN5O. The first-order valence-corrected chi connectivity index (χ1v) is 11.5. The number of aromatic nitrogens is 2. The highest BCUT2D eigenvalue weighted by atomic mass is 127. The smallest absolute Gasteiger partial charge is 0.269 e. The van der Waals surface area contributed by atoms with Gasteiger partial charge in [-0.15, -0.1) is 0 Å². The van der Waals surface area contributed by atoms with Crippen LogP contribution in [-0.2, 0) is 0 Å². The maximum absolute atomic E-state index is 13.5. The first-order valence-electron chi connectivity index (χ1n) is 10.3. The van der Waals surface area contributed by atoms with E-state index in [-0.39, 0.29) is 15.8 Å². The molecule has 1 atom stereocenters. The van der Waals surface area contributed by atoms with E-state index in [4.69, 9.17) is 4.99 Å². The van der Waals surface area contributed by atoms with Crippen molar-refractivity contribution < 1.29 is 9.18 Å². The molecule has 5 rings (SSSR count). The van der Waals surface area contributed by atoms with Gasteiger partial charge < -0.3 is 0 Å². The van der Waals surface area contributed by atoms with Crippen LogP contribution in [0.2, 0.25) is 0 Å². The Bertz CT molecular complexity index is 1350. The predicted molar refractivity (Wildman–Crippen MR) is 134 cm³/mol. The number of amidine groups is 1. The number of halogens is 2. The van der Waals surface area contributed by atoms with E-state index < -0.39 is 0 Å². The van der Waals surface area contributed by atoms with Crippen molar-refractivity contribution >= 4 is 40.0 Å². The predicted octanol–water partition coefficient (Wildman–Crippen LogP) is 5.70. The zero-order chi connectivity index (χ0) is 22.9. The summed E-state index contributed by atoms with van der Waals surface area (Å²) in [5.74, 6) is 0.0488. The number of rotatable bonds is 4. The molecule has 0 spiro atoms. The summed E-state index contributed by atoms with van der Waals surface area (Å²) in [6.45, 7) is 2.01. The number of nitrogens with one attached hydrogen (secondary N) is 2. The molecular weight excluding hydrogens is 532 g/mol. The number of hydrogen-bond acceptors (Lipinski definition) is 4. The molecule has 8 heteroatoms. The van der Waals surface area contributed by atoms with Gasteiger partial charge in [0.25, 0.3) is 5.91 Å². The van der Waals surface area contributed by atoms with E-state index in [1.807, 2.05) is 49.4 Å². The number of fused-ring (bicyclic) bond motifs is 1. The van der Waals surface area contributed by atoms with Crippen LogP contribution in [-0.4, -0.2) is 26.9 Å². The van der Waals surface area contributed by atoms with E-state index in [1.54, 1.807) is 29.3 Å². The molecule has 1 aromatic heterocycles. The van der Waals surface area contributed by atoms with Crippen LogP contribution in [0, 0.1) is 12.7 Å². The van der Waals surface area contributed by atoms with Crippen LogP contribution in [0.25, 0.3) is 11.3 Å². The van der Waals surface area contributed by atoms with Gasteiger partial charge in [-0.2, -0.15) is 5.10 Å². The highest BCUT2D eigenvalue weighted by molar-refractivity contribution is 14.1. The van der Waals surface area contributed by atoms with Crippen molar-refractivity contribution in [2.24, 2.45) is 4.99 Å². The first kappa shape index (κ1) is 21.3. The van der Waals surface area contributed by atoms with Crippen LogP contribution in [0.15, 0.2) is 83.9 Å². The lowest BCUT2D eigenvalue weighted by Gasteiger charge is -2.33. The van der Waals surface area contributed by atoms with Crippen LogP contribution in [0.3, 0.4) is 0 Å². The van der Waals surface area contributed by atoms with Crippen molar-refractivity contribution in [3.05, 3.63) is 107 Å². The van der Waals surface area contributed by atoms with Gasteiger partial charge in [-0.05, 0) is 72.0 Å². The minimum Gasteiger partial charge on any atom is -0.277 e. The summed E-state index contributed by atoms with van der Waals surface area (Å²) in [6.07, 6.45) is 0. The van der Waals surface area contributed by atoms with Crippen molar-refractivity contribution in [1.29, 1.82) is 0 Å². The normalized spacial score (nSPS) is 15.1. The molecule has 1 unspecified atom stereocenters. The monoisotopic (exact) mass is 551 g/mol. The van der Waals surface area contributed by atoms with Crippen LogP contribution in [0.4, 0.5) is 10.1 Å². The Hall–Kier alpha value is -3.53. The Labute approximate surface area is 203 Å². The van der Waals surface area contributed by atoms with Crippen molar-refractivity contribution in [2.75, 3.05) is 0 Å². The molecule has 0 saturated heterocycles. The Morgan fingerprint density at radius 3 is 2.52 bits per heavy atom. The first-order chi connectivity index (χ1) is 16.0. The van der Waals surface area contributed by atoms with E-state index in [0.29, 0.717) is 22.8 Å². The number of hydrogen-bond donors (Lipinski definition) is 2. The average molecular weight is 551 g/mol. The van der Waals surface area contributed by atoms with Gasteiger partial charge in [-0.3, -0.25) is 15.3 Å². The lowest BCUT2D eigenvalue weighted by atomic mass is 10.1. The number of nitrogens with zero attached hydrogens (tertiary/aromatic N) is 3. The third kappa shape index (κ3) is 4.13. The van der Waals surface area contributed by atoms with Crippen LogP contribution in [0.5, 0.6) is 0 Å². The van der Waals surface area contributed by atoms with Crippen LogP contribution < -0.4 is 5.43 Å². The molecule has 0 fully saturated rings. The third-order valence-electron chi connectivity index (χ3n) is 5.33. The third-order valence-corrected chi connectivity index (χ3v) is 6.51. The highest BCUT2D eigenvalue weighted by Crippen LogP contribution is 2.43. The second-order valence-corrected chi connectivity index (χ2v) is 8.84. The Kier molecular flexibility index (Phi) is 5.67. The minimum absolute atomic E-state index is 0.237. The lowest BCUT2D eigenvalue weighted by Crippen LogP contribution is -2.48. The summed E-state index contributed by atoms with van der Waals surface area (Å²) in [5, 5.41) is 9.28. The molecule has 1 amide bonds. The summed E-state index contributed by atoms with van der Waals surface area (Å²) >= 11 is 2.25. The maximum Gasteiger partial charge on any atom is 0.269 e. The van der Waals surface area contributed by atoms with Gasteiger partial charge in [0.1, 0.15) is 21.2 Å². The number of H-pyrrole nitrogens is 1. The number of benzene rings is 3. The number of carbonyl (C=O) groups is 1. The zero-order valence-electron chi connectivity index (χ0n) is 17.6. The number of amides is 1. The molecule has 33 heavy (non-hydrogen) atoms. The largest absolute Gasteiger partial charge is 0.277 e. The lowest BCUT2D eigenvalue weighted by molar-refractivity contribution is 0.0864. The fraction of sp³-hybridized carbons (Fsp3) is 0.0800. The molecule has 0 saturated carbocycles. The van der Waals surface area contributed by atoms with Gasteiger partial charge in [0, 0.05) is 16.7 Å². The SMILES string of the molecule is Cc1cccc(C2=Nc3c(-c4ccc(F)cc4)n[nH]c3C(I)N2NC(=O)c2ccccc2)c1. The average Bonchev–Trinajstić information content (AvgIpc) is 3.26. The fourth-order valence-electron chi connectivity index (χ4n) is 3.69. The van der Waals surface area contributed by atoms with Gasteiger partial charge in [0.05, 0.1) is 5.69 Å². The molecule has 3 aromatic carbocycles. The summed E-state index contributed by atoms with van der Waals surface area (Å²) in [7, 11) is 0. The second kappa shape index (κ2) is 8.78. The van der Waals surface area contributed by atoms with Gasteiger partial charge in [-0.1, -0.05) is 42.0 Å². The summed E-state index contributed by atoms with van der Waals surface area (Å²) < 4.78 is 13.2. The molecule has 1 aliphatic heterocycles. The highest BCUT2D eigenvalue weighted by Gasteiger charge is 2.34. The number of aromatic amines is 1.